The van der Waals surface area contributed by atoms with Gasteiger partial charge in [0.25, 0.3) is 0 Å². The molecule has 0 spiro atoms. The predicted molar refractivity (Wildman–Crippen MR) is 121 cm³/mol. The lowest BCUT2D eigenvalue weighted by Gasteiger charge is -2.21. The maximum absolute atomic E-state index is 12.9. The number of rotatable bonds is 14. The van der Waals surface area contributed by atoms with Crippen molar-refractivity contribution in [3.8, 4) is 5.75 Å². The fourth-order valence-electron chi connectivity index (χ4n) is 3.32. The molecule has 0 aliphatic carbocycles. The molecular weight excluding hydrogens is 398 g/mol. The minimum atomic E-state index is -3.60. The summed E-state index contributed by atoms with van der Waals surface area (Å²) in [7, 11) is -3.60. The third kappa shape index (κ3) is 6.84. The first-order chi connectivity index (χ1) is 14.4. The molecule has 168 valence electrons. The minimum Gasteiger partial charge on any atom is -0.494 e. The molecule has 0 radical (unpaired) electrons. The number of hydrogen-bond acceptors (Lipinski definition) is 5. The molecule has 0 bridgehead atoms. The quantitative estimate of drug-likeness (QED) is 0.392. The third-order valence-corrected chi connectivity index (χ3v) is 6.84. The average Bonchev–Trinajstić information content (AvgIpc) is 3.24. The van der Waals surface area contributed by atoms with Gasteiger partial charge in [-0.3, -0.25) is 4.68 Å². The van der Waals surface area contributed by atoms with Crippen molar-refractivity contribution in [2.45, 2.75) is 75.8 Å². The Labute approximate surface area is 182 Å². The van der Waals surface area contributed by atoms with Gasteiger partial charge in [-0.1, -0.05) is 26.7 Å². The zero-order valence-electron chi connectivity index (χ0n) is 18.9. The second-order valence-corrected chi connectivity index (χ2v) is 9.83. The Bertz CT molecular complexity index is 837. The Kier molecular flexibility index (Phi) is 9.85. The van der Waals surface area contributed by atoms with Gasteiger partial charge in [0.15, 0.2) is 5.03 Å². The Hall–Kier alpha value is -1.86. The van der Waals surface area contributed by atoms with Crippen LogP contribution in [0.5, 0.6) is 5.75 Å². The van der Waals surface area contributed by atoms with Gasteiger partial charge in [-0.25, -0.2) is 8.42 Å². The molecular formula is C23H37N3O3S. The first kappa shape index (κ1) is 24.4. The zero-order valence-corrected chi connectivity index (χ0v) is 19.7. The fraction of sp³-hybridized carbons (Fsp3) is 0.609. The molecule has 0 N–H and O–H groups in total. The average molecular weight is 436 g/mol. The van der Waals surface area contributed by atoms with Crippen LogP contribution in [-0.4, -0.2) is 49.3 Å². The summed E-state index contributed by atoms with van der Waals surface area (Å²) in [5.74, 6) is 0.694. The maximum atomic E-state index is 12.9. The van der Waals surface area contributed by atoms with Crippen LogP contribution in [0.2, 0.25) is 0 Å². The summed E-state index contributed by atoms with van der Waals surface area (Å²) < 4.78 is 33.2. The Balaban J connectivity index is 1.90. The number of unbranched alkanes of at least 4 members (excludes halogenated alkanes) is 2. The Morgan fingerprint density at radius 3 is 2.13 bits per heavy atom. The molecule has 0 aliphatic heterocycles. The van der Waals surface area contributed by atoms with Crippen molar-refractivity contribution >= 4 is 9.84 Å². The van der Waals surface area contributed by atoms with Crippen LogP contribution >= 0.6 is 0 Å². The van der Waals surface area contributed by atoms with Crippen molar-refractivity contribution in [3.63, 3.8) is 0 Å². The molecule has 0 aliphatic rings. The number of nitrogens with zero attached hydrogens (tertiary/aromatic N) is 3. The highest BCUT2D eigenvalue weighted by molar-refractivity contribution is 7.91. The normalized spacial score (nSPS) is 12.1. The van der Waals surface area contributed by atoms with E-state index in [1.54, 1.807) is 30.3 Å². The maximum Gasteiger partial charge on any atom is 0.223 e. The van der Waals surface area contributed by atoms with Crippen LogP contribution in [0.25, 0.3) is 0 Å². The van der Waals surface area contributed by atoms with Crippen LogP contribution in [0.1, 0.15) is 65.8 Å². The fourth-order valence-corrected chi connectivity index (χ4v) is 4.80. The SMILES string of the molecule is CCCCN(CCCC)CCCOc1ccc(S(=O)(=O)c2ccnn2C(C)C)cc1. The molecule has 2 rings (SSSR count). The van der Waals surface area contributed by atoms with Crippen molar-refractivity contribution in [3.05, 3.63) is 36.5 Å². The molecule has 1 heterocycles. The van der Waals surface area contributed by atoms with Gasteiger partial charge in [0.05, 0.1) is 17.7 Å². The molecule has 2 aromatic rings. The molecule has 0 amide bonds. The summed E-state index contributed by atoms with van der Waals surface area (Å²) in [6.07, 6.45) is 7.38. The summed E-state index contributed by atoms with van der Waals surface area (Å²) in [4.78, 5) is 2.77. The van der Waals surface area contributed by atoms with Gasteiger partial charge >= 0.3 is 0 Å². The van der Waals surface area contributed by atoms with Crippen LogP contribution in [-0.2, 0) is 9.84 Å². The smallest absolute Gasteiger partial charge is 0.223 e. The van der Waals surface area contributed by atoms with E-state index < -0.39 is 9.84 Å². The molecule has 0 fully saturated rings. The van der Waals surface area contributed by atoms with E-state index in [-0.39, 0.29) is 16.0 Å². The molecule has 30 heavy (non-hydrogen) atoms. The van der Waals surface area contributed by atoms with E-state index in [1.807, 2.05) is 13.8 Å². The van der Waals surface area contributed by atoms with E-state index in [0.717, 1.165) is 26.1 Å². The number of benzene rings is 1. The van der Waals surface area contributed by atoms with E-state index in [2.05, 4.69) is 23.8 Å². The lowest BCUT2D eigenvalue weighted by Crippen LogP contribution is -2.28. The highest BCUT2D eigenvalue weighted by Crippen LogP contribution is 2.24. The lowest BCUT2D eigenvalue weighted by atomic mass is 10.2. The Morgan fingerprint density at radius 1 is 0.967 bits per heavy atom. The second kappa shape index (κ2) is 12.1. The summed E-state index contributed by atoms with van der Waals surface area (Å²) in [6, 6.07) is 8.20. The highest BCUT2D eigenvalue weighted by atomic mass is 32.2. The summed E-state index contributed by atoms with van der Waals surface area (Å²) in [5.41, 5.74) is 0. The molecule has 1 aromatic heterocycles. The third-order valence-electron chi connectivity index (χ3n) is 5.08. The minimum absolute atomic E-state index is 0.0263. The van der Waals surface area contributed by atoms with Gasteiger partial charge < -0.3 is 9.64 Å². The number of sulfone groups is 1. The molecule has 0 atom stereocenters. The van der Waals surface area contributed by atoms with Gasteiger partial charge in [-0.05, 0) is 76.5 Å². The van der Waals surface area contributed by atoms with Gasteiger partial charge in [-0.15, -0.1) is 0 Å². The van der Waals surface area contributed by atoms with Crippen molar-refractivity contribution in [2.24, 2.45) is 0 Å². The first-order valence-electron chi connectivity index (χ1n) is 11.1. The van der Waals surface area contributed by atoms with Gasteiger partial charge in [0.2, 0.25) is 9.84 Å². The van der Waals surface area contributed by atoms with Crippen molar-refractivity contribution < 1.29 is 13.2 Å². The van der Waals surface area contributed by atoms with Crippen molar-refractivity contribution in [1.82, 2.24) is 14.7 Å². The van der Waals surface area contributed by atoms with Crippen LogP contribution < -0.4 is 4.74 Å². The van der Waals surface area contributed by atoms with Gasteiger partial charge in [-0.2, -0.15) is 5.10 Å². The summed E-state index contributed by atoms with van der Waals surface area (Å²) in [5, 5.41) is 4.35. The molecule has 0 saturated heterocycles. The lowest BCUT2D eigenvalue weighted by molar-refractivity contribution is 0.229. The zero-order chi connectivity index (χ0) is 22.0. The van der Waals surface area contributed by atoms with Crippen LogP contribution in [0, 0.1) is 0 Å². The molecule has 0 saturated carbocycles. The molecule has 6 nitrogen and oxygen atoms in total. The molecule has 0 unspecified atom stereocenters. The first-order valence-corrected chi connectivity index (χ1v) is 12.6. The van der Waals surface area contributed by atoms with Crippen LogP contribution in [0.3, 0.4) is 0 Å². The summed E-state index contributed by atoms with van der Waals surface area (Å²) in [6.45, 7) is 12.2. The van der Waals surface area contributed by atoms with Crippen molar-refractivity contribution in [1.29, 1.82) is 0 Å². The predicted octanol–water partition coefficient (Wildman–Crippen LogP) is 4.97. The second-order valence-electron chi connectivity index (χ2n) is 7.93. The van der Waals surface area contributed by atoms with Gasteiger partial charge in [0.1, 0.15) is 5.75 Å². The van der Waals surface area contributed by atoms with Gasteiger partial charge in [0, 0.05) is 12.6 Å². The standard InChI is InChI=1S/C23H37N3O3S/c1-5-7-16-25(17-8-6-2)18-9-19-29-21-10-12-22(13-11-21)30(27,28)23-14-15-24-26(23)20(3)4/h10-15,20H,5-9,16-19H2,1-4H3. The van der Waals surface area contributed by atoms with E-state index in [0.29, 0.717) is 12.4 Å². The number of aromatic nitrogens is 2. The van der Waals surface area contributed by atoms with Crippen molar-refractivity contribution in [2.75, 3.05) is 26.2 Å². The topological polar surface area (TPSA) is 64.4 Å². The van der Waals surface area contributed by atoms with Crippen LogP contribution in [0.15, 0.2) is 46.5 Å². The van der Waals surface area contributed by atoms with E-state index >= 15 is 0 Å². The highest BCUT2D eigenvalue weighted by Gasteiger charge is 2.23. The monoisotopic (exact) mass is 435 g/mol. The number of ether oxygens (including phenoxy) is 1. The summed E-state index contributed by atoms with van der Waals surface area (Å²) >= 11 is 0. The van der Waals surface area contributed by atoms with E-state index in [4.69, 9.17) is 4.74 Å². The van der Waals surface area contributed by atoms with E-state index in [1.165, 1.54) is 36.6 Å². The van der Waals surface area contributed by atoms with E-state index in [9.17, 15) is 8.42 Å². The Morgan fingerprint density at radius 2 is 1.57 bits per heavy atom. The molecule has 7 heteroatoms. The molecule has 1 aromatic carbocycles. The largest absolute Gasteiger partial charge is 0.494 e. The number of hydrogen-bond donors (Lipinski definition) is 0. The van der Waals surface area contributed by atoms with Crippen LogP contribution in [0.4, 0.5) is 0 Å².